The van der Waals surface area contributed by atoms with Gasteiger partial charge in [0.2, 0.25) is 10.0 Å². The molecule has 21 heavy (non-hydrogen) atoms. The van der Waals surface area contributed by atoms with Gasteiger partial charge in [0.05, 0.1) is 6.26 Å². The number of aromatic nitrogens is 2. The average Bonchev–Trinajstić information content (AvgIpc) is 2.70. The lowest BCUT2D eigenvalue weighted by Crippen LogP contribution is -2.40. The van der Waals surface area contributed by atoms with Crippen molar-refractivity contribution in [2.45, 2.75) is 31.3 Å². The maximum atomic E-state index is 11.6. The number of nitrogens with two attached hydrogens (primary N) is 1. The Labute approximate surface area is 125 Å². The molecule has 8 nitrogen and oxygen atoms in total. The molecule has 1 aliphatic heterocycles. The molecule has 0 spiro atoms. The van der Waals surface area contributed by atoms with Gasteiger partial charge in [0.25, 0.3) is 10.0 Å². The van der Waals surface area contributed by atoms with Crippen molar-refractivity contribution < 1.29 is 16.8 Å². The second-order valence-corrected chi connectivity index (χ2v) is 8.94. The Kier molecular flexibility index (Phi) is 4.43. The van der Waals surface area contributed by atoms with Crippen molar-refractivity contribution in [1.82, 2.24) is 13.9 Å². The first-order valence-electron chi connectivity index (χ1n) is 6.59. The number of primary sulfonamides is 1. The first kappa shape index (κ1) is 16.4. The van der Waals surface area contributed by atoms with Gasteiger partial charge in [-0.05, 0) is 25.7 Å². The van der Waals surface area contributed by atoms with Crippen molar-refractivity contribution in [3.05, 3.63) is 12.0 Å². The zero-order chi connectivity index (χ0) is 15.8. The Morgan fingerprint density at radius 2 is 2.05 bits per heavy atom. The molecule has 2 N–H and O–H groups in total. The Morgan fingerprint density at radius 1 is 1.38 bits per heavy atom. The number of hydrogen-bond acceptors (Lipinski definition) is 5. The summed E-state index contributed by atoms with van der Waals surface area (Å²) in [7, 11) is -7.00. The third-order valence-electron chi connectivity index (χ3n) is 3.65. The lowest BCUT2D eigenvalue weighted by molar-refractivity contribution is 0.245. The fraction of sp³-hybridized carbons (Fsp3) is 0.727. The third kappa shape index (κ3) is 4.02. The molecule has 1 aromatic heterocycles. The van der Waals surface area contributed by atoms with Crippen LogP contribution in [0.4, 0.5) is 0 Å². The van der Waals surface area contributed by atoms with Crippen LogP contribution in [0.3, 0.4) is 0 Å². The van der Waals surface area contributed by atoms with E-state index in [0.717, 1.165) is 12.8 Å². The summed E-state index contributed by atoms with van der Waals surface area (Å²) in [4.78, 5) is 3.93. The van der Waals surface area contributed by atoms with Gasteiger partial charge in [0, 0.05) is 25.8 Å². The molecule has 1 saturated heterocycles. The highest BCUT2D eigenvalue weighted by molar-refractivity contribution is 7.89. The lowest BCUT2D eigenvalue weighted by atomic mass is 10.00. The van der Waals surface area contributed by atoms with Gasteiger partial charge in [0.15, 0.2) is 5.03 Å². The molecule has 0 aliphatic carbocycles. The molecule has 0 saturated carbocycles. The van der Waals surface area contributed by atoms with E-state index in [1.54, 1.807) is 11.5 Å². The van der Waals surface area contributed by atoms with Crippen molar-refractivity contribution in [2.75, 3.05) is 19.3 Å². The quantitative estimate of drug-likeness (QED) is 0.796. The van der Waals surface area contributed by atoms with Gasteiger partial charge in [-0.25, -0.2) is 31.3 Å². The van der Waals surface area contributed by atoms with Gasteiger partial charge in [-0.2, -0.15) is 0 Å². The molecule has 2 heterocycles. The van der Waals surface area contributed by atoms with Crippen molar-refractivity contribution in [2.24, 2.45) is 11.1 Å². The summed E-state index contributed by atoms with van der Waals surface area (Å²) in [6.45, 7) is 3.22. The highest BCUT2D eigenvalue weighted by Crippen LogP contribution is 2.21. The fourth-order valence-corrected chi connectivity index (χ4v) is 4.03. The van der Waals surface area contributed by atoms with Gasteiger partial charge in [-0.3, -0.25) is 0 Å². The summed E-state index contributed by atoms with van der Waals surface area (Å²) in [6.07, 6.45) is 4.31. The van der Waals surface area contributed by atoms with Gasteiger partial charge in [0.1, 0.15) is 5.82 Å². The molecule has 120 valence electrons. The zero-order valence-electron chi connectivity index (χ0n) is 12.1. The van der Waals surface area contributed by atoms with Crippen LogP contribution in [0, 0.1) is 12.8 Å². The number of nitrogens with zero attached hydrogens (tertiary/aromatic N) is 3. The molecular weight excluding hydrogens is 316 g/mol. The van der Waals surface area contributed by atoms with Gasteiger partial charge in [-0.1, -0.05) is 0 Å². The molecule has 1 unspecified atom stereocenters. The molecular formula is C11H20N4O4S2. The van der Waals surface area contributed by atoms with E-state index in [0.29, 0.717) is 25.5 Å². The number of aryl methyl sites for hydroxylation is 1. The smallest absolute Gasteiger partial charge is 0.257 e. The molecule has 1 aromatic rings. The number of rotatable bonds is 4. The Hall–Kier alpha value is -0.970. The molecule has 0 radical (unpaired) electrons. The maximum Gasteiger partial charge on any atom is 0.257 e. The van der Waals surface area contributed by atoms with Crippen LogP contribution in [-0.4, -0.2) is 50.0 Å². The molecule has 1 fully saturated rings. The maximum absolute atomic E-state index is 11.6. The largest absolute Gasteiger partial charge is 0.333 e. The Balaban J connectivity index is 2.13. The van der Waals surface area contributed by atoms with Crippen LogP contribution in [-0.2, 0) is 26.6 Å². The molecule has 10 heteroatoms. The third-order valence-corrected chi connectivity index (χ3v) is 5.70. The van der Waals surface area contributed by atoms with Crippen LogP contribution in [0.15, 0.2) is 11.2 Å². The summed E-state index contributed by atoms with van der Waals surface area (Å²) in [5, 5.41) is 4.90. The minimum Gasteiger partial charge on any atom is -0.333 e. The topological polar surface area (TPSA) is 115 Å². The average molecular weight is 336 g/mol. The Morgan fingerprint density at radius 3 is 2.57 bits per heavy atom. The van der Waals surface area contributed by atoms with E-state index in [1.807, 2.05) is 0 Å². The van der Waals surface area contributed by atoms with E-state index >= 15 is 0 Å². The summed E-state index contributed by atoms with van der Waals surface area (Å²) in [6, 6.07) is 0. The molecule has 1 aliphatic rings. The van der Waals surface area contributed by atoms with Crippen LogP contribution in [0.2, 0.25) is 0 Å². The first-order chi connectivity index (χ1) is 9.57. The van der Waals surface area contributed by atoms with Gasteiger partial charge in [-0.15, -0.1) is 0 Å². The van der Waals surface area contributed by atoms with Crippen molar-refractivity contribution >= 4 is 20.0 Å². The summed E-state index contributed by atoms with van der Waals surface area (Å²) in [5.41, 5.74) is 0. The van der Waals surface area contributed by atoms with Gasteiger partial charge >= 0.3 is 0 Å². The zero-order valence-corrected chi connectivity index (χ0v) is 13.7. The normalized spacial score (nSPS) is 21.6. The summed E-state index contributed by atoms with van der Waals surface area (Å²) < 4.78 is 49.0. The SMILES string of the molecule is Cc1nc(S(N)(=O)=O)cn1CC1CCCN(S(C)(=O)=O)C1. The first-order valence-corrected chi connectivity index (χ1v) is 9.98. The number of imidazole rings is 1. The molecule has 0 aromatic carbocycles. The van der Waals surface area contributed by atoms with E-state index in [-0.39, 0.29) is 10.9 Å². The predicted molar refractivity (Wildman–Crippen MR) is 77.5 cm³/mol. The molecule has 1 atom stereocenters. The molecule has 2 rings (SSSR count). The van der Waals surface area contributed by atoms with Crippen LogP contribution in [0.5, 0.6) is 0 Å². The van der Waals surface area contributed by atoms with E-state index in [1.165, 1.54) is 16.8 Å². The second-order valence-electron chi connectivity index (χ2n) is 5.45. The second kappa shape index (κ2) is 5.67. The number of sulfonamides is 2. The van der Waals surface area contributed by atoms with E-state index in [2.05, 4.69) is 4.98 Å². The van der Waals surface area contributed by atoms with Crippen LogP contribution in [0.1, 0.15) is 18.7 Å². The predicted octanol–water partition coefficient (Wildman–Crippen LogP) is -0.489. The monoisotopic (exact) mass is 336 g/mol. The van der Waals surface area contributed by atoms with Crippen molar-refractivity contribution in [1.29, 1.82) is 0 Å². The highest BCUT2D eigenvalue weighted by Gasteiger charge is 2.26. The molecule has 0 bridgehead atoms. The van der Waals surface area contributed by atoms with Crippen molar-refractivity contribution in [3.8, 4) is 0 Å². The minimum absolute atomic E-state index is 0.134. The van der Waals surface area contributed by atoms with E-state index in [9.17, 15) is 16.8 Å². The van der Waals surface area contributed by atoms with E-state index < -0.39 is 20.0 Å². The number of hydrogen-bond donors (Lipinski definition) is 1. The van der Waals surface area contributed by atoms with Crippen molar-refractivity contribution in [3.63, 3.8) is 0 Å². The minimum atomic E-state index is -3.82. The fourth-order valence-electron chi connectivity index (χ4n) is 2.56. The highest BCUT2D eigenvalue weighted by atomic mass is 32.2. The number of piperidine rings is 1. The van der Waals surface area contributed by atoms with Crippen LogP contribution >= 0.6 is 0 Å². The van der Waals surface area contributed by atoms with Gasteiger partial charge < -0.3 is 4.57 Å². The summed E-state index contributed by atoms with van der Waals surface area (Å²) >= 11 is 0. The lowest BCUT2D eigenvalue weighted by Gasteiger charge is -2.31. The standard InChI is InChI=1S/C11H20N4O4S2/c1-9-13-11(21(12,18)19)8-14(9)6-10-4-3-5-15(7-10)20(2,16)17/h8,10H,3-7H2,1-2H3,(H2,12,18,19). The molecule has 0 amide bonds. The Bertz CT molecular complexity index is 723. The van der Waals surface area contributed by atoms with E-state index in [4.69, 9.17) is 5.14 Å². The van der Waals surface area contributed by atoms with Crippen LogP contribution in [0.25, 0.3) is 0 Å². The van der Waals surface area contributed by atoms with Crippen LogP contribution < -0.4 is 5.14 Å². The summed E-state index contributed by atoms with van der Waals surface area (Å²) in [5.74, 6) is 0.685.